The summed E-state index contributed by atoms with van der Waals surface area (Å²) in [5.74, 6) is 0.225. The molecule has 150 valence electrons. The molecule has 0 saturated heterocycles. The number of ketones is 1. The van der Waals surface area contributed by atoms with Gasteiger partial charge in [0.1, 0.15) is 0 Å². The highest BCUT2D eigenvalue weighted by Gasteiger charge is 2.40. The van der Waals surface area contributed by atoms with E-state index in [0.717, 1.165) is 9.81 Å². The zero-order valence-corrected chi connectivity index (χ0v) is 21.8. The zero-order chi connectivity index (χ0) is 20.7. The maximum absolute atomic E-state index is 13.5. The van der Waals surface area contributed by atoms with Gasteiger partial charge in [-0.15, -0.1) is 47.0 Å². The van der Waals surface area contributed by atoms with Crippen LogP contribution in [0.2, 0.25) is 0 Å². The van der Waals surface area contributed by atoms with Crippen LogP contribution in [-0.4, -0.2) is 24.8 Å². The first kappa shape index (κ1) is 24.6. The molecule has 0 N–H and O–H groups in total. The summed E-state index contributed by atoms with van der Waals surface area (Å²) < 4.78 is 0.137. The SMILES string of the molecule is CC(C)(C)SC1=C(SC(C)(C)C)C(SC(C)(C)C)=C(SC(C)(C)C)C1=O. The van der Waals surface area contributed by atoms with Gasteiger partial charge in [-0.05, 0) is 0 Å². The van der Waals surface area contributed by atoms with Crippen LogP contribution in [0.3, 0.4) is 0 Å². The van der Waals surface area contributed by atoms with Gasteiger partial charge in [0, 0.05) is 28.8 Å². The molecule has 0 unspecified atom stereocenters. The van der Waals surface area contributed by atoms with Crippen LogP contribution < -0.4 is 0 Å². The van der Waals surface area contributed by atoms with Crippen molar-refractivity contribution in [2.45, 2.75) is 102 Å². The minimum Gasteiger partial charge on any atom is -0.287 e. The summed E-state index contributed by atoms with van der Waals surface area (Å²) in [6, 6.07) is 0. The van der Waals surface area contributed by atoms with E-state index in [1.165, 1.54) is 9.81 Å². The fraction of sp³-hybridized carbons (Fsp3) is 0.762. The largest absolute Gasteiger partial charge is 0.287 e. The number of carbonyl (C=O) groups is 1. The molecule has 0 bridgehead atoms. The molecule has 0 radical (unpaired) electrons. The van der Waals surface area contributed by atoms with E-state index < -0.39 is 0 Å². The highest BCUT2D eigenvalue weighted by atomic mass is 32.2. The minimum absolute atomic E-state index is 0.00798. The quantitative estimate of drug-likeness (QED) is 0.444. The molecule has 5 heteroatoms. The first-order valence-corrected chi connectivity index (χ1v) is 12.4. The van der Waals surface area contributed by atoms with Gasteiger partial charge in [-0.1, -0.05) is 83.1 Å². The van der Waals surface area contributed by atoms with Gasteiger partial charge in [-0.3, -0.25) is 4.79 Å². The molecule has 0 heterocycles. The van der Waals surface area contributed by atoms with E-state index in [2.05, 4.69) is 83.1 Å². The molecule has 26 heavy (non-hydrogen) atoms. The third kappa shape index (κ3) is 8.28. The Morgan fingerprint density at radius 1 is 0.423 bits per heavy atom. The predicted molar refractivity (Wildman–Crippen MR) is 128 cm³/mol. The topological polar surface area (TPSA) is 17.1 Å². The van der Waals surface area contributed by atoms with Crippen molar-refractivity contribution in [1.82, 2.24) is 0 Å². The van der Waals surface area contributed by atoms with Gasteiger partial charge >= 0.3 is 0 Å². The van der Waals surface area contributed by atoms with E-state index in [-0.39, 0.29) is 24.8 Å². The number of thioether (sulfide) groups is 4. The van der Waals surface area contributed by atoms with Crippen LogP contribution in [0.1, 0.15) is 83.1 Å². The van der Waals surface area contributed by atoms with E-state index in [1.807, 2.05) is 23.5 Å². The van der Waals surface area contributed by atoms with Gasteiger partial charge in [0.2, 0.25) is 5.78 Å². The summed E-state index contributed by atoms with van der Waals surface area (Å²) in [5.41, 5.74) is 0. The standard InChI is InChI=1S/C21H36OS4/c1-18(2,3)23-14-13(22)15(24-19(4,5)6)17(26-21(10,11)12)16(14)25-20(7,8)9/h1-12H3. The molecule has 1 aliphatic rings. The lowest BCUT2D eigenvalue weighted by molar-refractivity contribution is -0.110. The van der Waals surface area contributed by atoms with Gasteiger partial charge < -0.3 is 0 Å². The molecule has 0 saturated carbocycles. The molecule has 0 aromatic rings. The molecule has 1 rings (SSSR count). The second-order valence-electron chi connectivity index (χ2n) is 10.5. The van der Waals surface area contributed by atoms with Crippen molar-refractivity contribution >= 4 is 52.8 Å². The minimum atomic E-state index is 0.00798. The third-order valence-corrected chi connectivity index (χ3v) is 7.91. The molecule has 0 atom stereocenters. The summed E-state index contributed by atoms with van der Waals surface area (Å²) in [6.45, 7) is 26.4. The highest BCUT2D eigenvalue weighted by molar-refractivity contribution is 8.13. The van der Waals surface area contributed by atoms with Crippen molar-refractivity contribution in [3.05, 3.63) is 19.6 Å². The average molecular weight is 433 g/mol. The molecule has 0 spiro atoms. The van der Waals surface area contributed by atoms with E-state index in [1.54, 1.807) is 23.5 Å². The van der Waals surface area contributed by atoms with E-state index in [0.29, 0.717) is 0 Å². The Balaban J connectivity index is 3.56. The fourth-order valence-corrected chi connectivity index (χ4v) is 7.04. The van der Waals surface area contributed by atoms with Crippen LogP contribution in [0.15, 0.2) is 19.6 Å². The van der Waals surface area contributed by atoms with Gasteiger partial charge in [-0.25, -0.2) is 0 Å². The second kappa shape index (κ2) is 8.12. The van der Waals surface area contributed by atoms with Crippen LogP contribution in [0.25, 0.3) is 0 Å². The highest BCUT2D eigenvalue weighted by Crippen LogP contribution is 2.57. The number of allylic oxidation sites excluding steroid dienone is 2. The Hall–Kier alpha value is 0.550. The lowest BCUT2D eigenvalue weighted by Crippen LogP contribution is -2.14. The number of hydrogen-bond donors (Lipinski definition) is 0. The molecular weight excluding hydrogens is 396 g/mol. The number of hydrogen-bond acceptors (Lipinski definition) is 5. The van der Waals surface area contributed by atoms with Crippen LogP contribution in [0.4, 0.5) is 0 Å². The van der Waals surface area contributed by atoms with Gasteiger partial charge in [-0.2, -0.15) is 0 Å². The molecule has 0 amide bonds. The van der Waals surface area contributed by atoms with Gasteiger partial charge in [0.25, 0.3) is 0 Å². The Bertz CT molecular complexity index is 560. The van der Waals surface area contributed by atoms with E-state index in [9.17, 15) is 4.79 Å². The predicted octanol–water partition coefficient (Wildman–Crippen LogP) is 8.12. The first-order chi connectivity index (χ1) is 11.3. The molecule has 0 aromatic heterocycles. The monoisotopic (exact) mass is 432 g/mol. The van der Waals surface area contributed by atoms with Crippen LogP contribution in [-0.2, 0) is 4.79 Å². The third-order valence-electron chi connectivity index (χ3n) is 2.66. The van der Waals surface area contributed by atoms with E-state index in [4.69, 9.17) is 0 Å². The lowest BCUT2D eigenvalue weighted by Gasteiger charge is -2.26. The molecule has 0 aliphatic heterocycles. The lowest BCUT2D eigenvalue weighted by atomic mass is 10.3. The molecule has 0 fully saturated rings. The van der Waals surface area contributed by atoms with Gasteiger partial charge in [0.15, 0.2) is 0 Å². The summed E-state index contributed by atoms with van der Waals surface area (Å²) in [4.78, 5) is 17.7. The molecule has 1 nitrogen and oxygen atoms in total. The van der Waals surface area contributed by atoms with Crippen molar-refractivity contribution in [1.29, 1.82) is 0 Å². The van der Waals surface area contributed by atoms with Crippen molar-refractivity contribution < 1.29 is 4.79 Å². The van der Waals surface area contributed by atoms with Crippen molar-refractivity contribution in [3.8, 4) is 0 Å². The fourth-order valence-electron chi connectivity index (χ4n) is 2.11. The Kier molecular flexibility index (Phi) is 7.68. The summed E-state index contributed by atoms with van der Waals surface area (Å²) in [6.07, 6.45) is 0. The number of rotatable bonds is 4. The summed E-state index contributed by atoms with van der Waals surface area (Å²) >= 11 is 7.13. The normalized spacial score (nSPS) is 17.6. The summed E-state index contributed by atoms with van der Waals surface area (Å²) in [7, 11) is 0. The Labute approximate surface area is 178 Å². The van der Waals surface area contributed by atoms with Crippen molar-refractivity contribution in [3.63, 3.8) is 0 Å². The maximum Gasteiger partial charge on any atom is 0.208 e. The zero-order valence-electron chi connectivity index (χ0n) is 18.5. The van der Waals surface area contributed by atoms with Crippen LogP contribution in [0, 0.1) is 0 Å². The van der Waals surface area contributed by atoms with Crippen LogP contribution >= 0.6 is 47.0 Å². The molecule has 1 aliphatic carbocycles. The molecule has 0 aromatic carbocycles. The van der Waals surface area contributed by atoms with Crippen molar-refractivity contribution in [2.75, 3.05) is 0 Å². The number of carbonyl (C=O) groups excluding carboxylic acids is 1. The Morgan fingerprint density at radius 3 is 0.808 bits per heavy atom. The van der Waals surface area contributed by atoms with Crippen LogP contribution in [0.5, 0.6) is 0 Å². The van der Waals surface area contributed by atoms with E-state index >= 15 is 0 Å². The Morgan fingerprint density at radius 2 is 0.615 bits per heavy atom. The summed E-state index contributed by atoms with van der Waals surface area (Å²) in [5, 5.41) is 0. The average Bonchev–Trinajstić information content (AvgIpc) is 2.49. The second-order valence-corrected chi connectivity index (χ2v) is 17.9. The maximum atomic E-state index is 13.5. The van der Waals surface area contributed by atoms with Crippen molar-refractivity contribution in [2.24, 2.45) is 0 Å². The first-order valence-electron chi connectivity index (χ1n) is 9.09. The molecular formula is C21H36OS4. The smallest absolute Gasteiger partial charge is 0.208 e. The van der Waals surface area contributed by atoms with Gasteiger partial charge in [0.05, 0.1) is 9.81 Å². The number of Topliss-reactive ketones (excluding diaryl/α,β-unsaturated/α-hetero) is 1.